The van der Waals surface area contributed by atoms with E-state index in [1.807, 2.05) is 0 Å². The van der Waals surface area contributed by atoms with Crippen molar-refractivity contribution >= 4 is 23.3 Å². The molecule has 1 aliphatic rings. The van der Waals surface area contributed by atoms with Crippen molar-refractivity contribution in [2.45, 2.75) is 21.4 Å². The molecule has 0 saturated carbocycles. The molecule has 2 aromatic carbocycles. The number of halogens is 1. The molecule has 0 spiro atoms. The van der Waals surface area contributed by atoms with Gasteiger partial charge in [-0.15, -0.1) is 0 Å². The zero-order valence-electron chi connectivity index (χ0n) is 11.9. The Bertz CT molecular complexity index is 844. The molecule has 4 N–H and O–H groups in total. The Hall–Kier alpha value is -2.10. The quantitative estimate of drug-likeness (QED) is 0.590. The molecule has 3 rings (SSSR count). The highest BCUT2D eigenvalue weighted by atomic mass is 32.2. The van der Waals surface area contributed by atoms with E-state index >= 15 is 0 Å². The standard InChI is InChI=1S/C16H11FO6S/c17-8-4-6-9(7-5-8)24-11-3-1-2-10-12(11)14(19)16(22,23)15(20,21)13(10)18/h1-7,20-23H. The van der Waals surface area contributed by atoms with Crippen molar-refractivity contribution in [2.24, 2.45) is 0 Å². The second kappa shape index (κ2) is 5.47. The normalized spacial score (nSPS) is 18.4. The number of Topliss-reactive ketones (excluding diaryl/α,β-unsaturated/α-hetero) is 2. The molecule has 124 valence electrons. The zero-order chi connectivity index (χ0) is 17.7. The first kappa shape index (κ1) is 16.7. The summed E-state index contributed by atoms with van der Waals surface area (Å²) in [5, 5.41) is 38.8. The van der Waals surface area contributed by atoms with Crippen molar-refractivity contribution in [1.29, 1.82) is 0 Å². The van der Waals surface area contributed by atoms with Gasteiger partial charge in [0.05, 0.1) is 0 Å². The van der Waals surface area contributed by atoms with Crippen LogP contribution in [0, 0.1) is 5.82 Å². The van der Waals surface area contributed by atoms with Crippen molar-refractivity contribution < 1.29 is 34.4 Å². The molecule has 0 unspecified atom stereocenters. The second-order valence-electron chi connectivity index (χ2n) is 5.24. The summed E-state index contributed by atoms with van der Waals surface area (Å²) < 4.78 is 13.0. The molecule has 1 aliphatic carbocycles. The number of fused-ring (bicyclic) bond motifs is 1. The molecule has 0 fully saturated rings. The van der Waals surface area contributed by atoms with Crippen LogP contribution in [-0.4, -0.2) is 43.6 Å². The van der Waals surface area contributed by atoms with Gasteiger partial charge in [0.15, 0.2) is 0 Å². The third-order valence-electron chi connectivity index (χ3n) is 3.66. The lowest BCUT2D eigenvalue weighted by Gasteiger charge is -2.37. The highest BCUT2D eigenvalue weighted by Gasteiger charge is 2.63. The summed E-state index contributed by atoms with van der Waals surface area (Å²) in [6, 6.07) is 9.35. The van der Waals surface area contributed by atoms with E-state index in [4.69, 9.17) is 0 Å². The molecule has 0 heterocycles. The molecule has 0 radical (unpaired) electrons. The zero-order valence-corrected chi connectivity index (χ0v) is 12.7. The van der Waals surface area contributed by atoms with Gasteiger partial charge in [-0.3, -0.25) is 9.59 Å². The minimum Gasteiger partial charge on any atom is -0.355 e. The largest absolute Gasteiger partial charge is 0.355 e. The first-order valence-electron chi connectivity index (χ1n) is 6.72. The smallest absolute Gasteiger partial charge is 0.292 e. The predicted octanol–water partition coefficient (Wildman–Crippen LogP) is 0.718. The second-order valence-corrected chi connectivity index (χ2v) is 6.35. The topological polar surface area (TPSA) is 115 Å². The van der Waals surface area contributed by atoms with Gasteiger partial charge in [-0.2, -0.15) is 0 Å². The summed E-state index contributed by atoms with van der Waals surface area (Å²) in [6.07, 6.45) is 0. The van der Waals surface area contributed by atoms with Crippen molar-refractivity contribution in [3.05, 3.63) is 59.4 Å². The minimum atomic E-state index is -3.67. The fourth-order valence-corrected chi connectivity index (χ4v) is 3.33. The molecule has 0 aromatic heterocycles. The van der Waals surface area contributed by atoms with Crippen LogP contribution in [0.3, 0.4) is 0 Å². The van der Waals surface area contributed by atoms with Crippen LogP contribution in [0.5, 0.6) is 0 Å². The third-order valence-corrected chi connectivity index (χ3v) is 4.73. The van der Waals surface area contributed by atoms with Crippen LogP contribution in [-0.2, 0) is 0 Å². The summed E-state index contributed by atoms with van der Waals surface area (Å²) >= 11 is 0.992. The highest BCUT2D eigenvalue weighted by molar-refractivity contribution is 7.99. The van der Waals surface area contributed by atoms with Crippen LogP contribution in [0.25, 0.3) is 0 Å². The van der Waals surface area contributed by atoms with Gasteiger partial charge in [0.1, 0.15) is 5.82 Å². The molecular weight excluding hydrogens is 339 g/mol. The SMILES string of the molecule is O=C1c2cccc(Sc3ccc(F)cc3)c2C(=O)C(O)(O)C1(O)O. The van der Waals surface area contributed by atoms with Gasteiger partial charge in [0.25, 0.3) is 11.6 Å². The lowest BCUT2D eigenvalue weighted by atomic mass is 9.80. The van der Waals surface area contributed by atoms with Gasteiger partial charge >= 0.3 is 0 Å². The molecule has 6 nitrogen and oxygen atoms in total. The molecule has 0 aliphatic heterocycles. The van der Waals surface area contributed by atoms with E-state index in [0.29, 0.717) is 4.90 Å². The van der Waals surface area contributed by atoms with E-state index < -0.39 is 29.0 Å². The maximum Gasteiger partial charge on any atom is 0.292 e. The molecule has 0 amide bonds. The Balaban J connectivity index is 2.13. The van der Waals surface area contributed by atoms with Gasteiger partial charge in [-0.1, -0.05) is 23.9 Å². The maximum absolute atomic E-state index is 13.0. The van der Waals surface area contributed by atoms with E-state index in [9.17, 15) is 34.4 Å². The van der Waals surface area contributed by atoms with E-state index in [2.05, 4.69) is 0 Å². The Morgan fingerprint density at radius 3 is 2.04 bits per heavy atom. The van der Waals surface area contributed by atoms with Gasteiger partial charge < -0.3 is 20.4 Å². The first-order chi connectivity index (χ1) is 11.2. The average Bonchev–Trinajstić information content (AvgIpc) is 2.54. The Morgan fingerprint density at radius 1 is 0.833 bits per heavy atom. The van der Waals surface area contributed by atoms with Crippen molar-refractivity contribution in [3.8, 4) is 0 Å². The number of hydrogen-bond acceptors (Lipinski definition) is 7. The molecule has 0 atom stereocenters. The summed E-state index contributed by atoms with van der Waals surface area (Å²) in [5.74, 6) is -10.6. The fraction of sp³-hybridized carbons (Fsp3) is 0.125. The van der Waals surface area contributed by atoms with E-state index in [1.54, 1.807) is 0 Å². The Morgan fingerprint density at radius 2 is 1.42 bits per heavy atom. The number of carbonyl (C=O) groups excluding carboxylic acids is 2. The monoisotopic (exact) mass is 350 g/mol. The van der Waals surface area contributed by atoms with Crippen molar-refractivity contribution in [3.63, 3.8) is 0 Å². The molecule has 24 heavy (non-hydrogen) atoms. The molecule has 0 bridgehead atoms. The van der Waals surface area contributed by atoms with Crippen molar-refractivity contribution in [1.82, 2.24) is 0 Å². The van der Waals surface area contributed by atoms with Crippen LogP contribution in [0.2, 0.25) is 0 Å². The van der Waals surface area contributed by atoms with E-state index in [1.165, 1.54) is 42.5 Å². The first-order valence-corrected chi connectivity index (χ1v) is 7.53. The summed E-state index contributed by atoms with van der Waals surface area (Å²) in [5.41, 5.74) is -0.670. The van der Waals surface area contributed by atoms with E-state index in [0.717, 1.165) is 11.8 Å². The van der Waals surface area contributed by atoms with Gasteiger partial charge in [-0.25, -0.2) is 4.39 Å². The van der Waals surface area contributed by atoms with Crippen LogP contribution < -0.4 is 0 Å². The number of ketones is 2. The Kier molecular flexibility index (Phi) is 3.82. The molecule has 0 saturated heterocycles. The van der Waals surface area contributed by atoms with Gasteiger partial charge in [-0.05, 0) is 30.3 Å². The van der Waals surface area contributed by atoms with Crippen LogP contribution in [0.1, 0.15) is 20.7 Å². The predicted molar refractivity (Wildman–Crippen MR) is 80.0 cm³/mol. The molecular formula is C16H11FO6S. The lowest BCUT2D eigenvalue weighted by Crippen LogP contribution is -2.66. The van der Waals surface area contributed by atoms with Crippen LogP contribution >= 0.6 is 11.8 Å². The van der Waals surface area contributed by atoms with E-state index in [-0.39, 0.29) is 16.0 Å². The number of aliphatic hydroxyl groups is 4. The third kappa shape index (κ3) is 2.36. The van der Waals surface area contributed by atoms with Crippen LogP contribution in [0.15, 0.2) is 52.3 Å². The highest BCUT2D eigenvalue weighted by Crippen LogP contribution is 2.40. The summed E-state index contributed by atoms with van der Waals surface area (Å²) in [7, 11) is 0. The van der Waals surface area contributed by atoms with Crippen molar-refractivity contribution in [2.75, 3.05) is 0 Å². The number of benzene rings is 2. The fourth-order valence-electron chi connectivity index (χ4n) is 2.35. The lowest BCUT2D eigenvalue weighted by molar-refractivity contribution is -0.299. The molecule has 8 heteroatoms. The number of hydrogen-bond donors (Lipinski definition) is 4. The minimum absolute atomic E-state index is 0.195. The number of carbonyl (C=O) groups is 2. The average molecular weight is 350 g/mol. The summed E-state index contributed by atoms with van der Waals surface area (Å²) in [6.45, 7) is 0. The maximum atomic E-state index is 13.0. The summed E-state index contributed by atoms with van der Waals surface area (Å²) in [4.78, 5) is 25.2. The molecule has 2 aromatic rings. The van der Waals surface area contributed by atoms with Crippen LogP contribution in [0.4, 0.5) is 4.39 Å². The van der Waals surface area contributed by atoms with Gasteiger partial charge in [0.2, 0.25) is 11.6 Å². The number of rotatable bonds is 2. The Labute approximate surface area is 139 Å². The van der Waals surface area contributed by atoms with Gasteiger partial charge in [0, 0.05) is 20.9 Å².